The third-order valence-electron chi connectivity index (χ3n) is 3.49. The summed E-state index contributed by atoms with van der Waals surface area (Å²) in [5.41, 5.74) is 2.39. The lowest BCUT2D eigenvalue weighted by molar-refractivity contribution is 0.450. The number of nitrogens with one attached hydrogen (secondary N) is 1. The van der Waals surface area contributed by atoms with Gasteiger partial charge in [-0.15, -0.1) is 0 Å². The number of hydrogen-bond acceptors (Lipinski definition) is 2. The highest BCUT2D eigenvalue weighted by atomic mass is 32.1. The van der Waals surface area contributed by atoms with Gasteiger partial charge in [-0.3, -0.25) is 4.68 Å². The molecule has 0 fully saturated rings. The summed E-state index contributed by atoms with van der Waals surface area (Å²) in [6, 6.07) is 12.5. The first kappa shape index (κ1) is 15.5. The van der Waals surface area contributed by atoms with Crippen molar-refractivity contribution in [3.63, 3.8) is 0 Å². The van der Waals surface area contributed by atoms with E-state index in [1.807, 2.05) is 47.1 Å². The summed E-state index contributed by atoms with van der Waals surface area (Å²) < 4.78 is 1.99. The highest BCUT2D eigenvalue weighted by Crippen LogP contribution is 2.12. The number of aryl methyl sites for hydroxylation is 1. The third-order valence-corrected chi connectivity index (χ3v) is 3.92. The molecule has 0 radical (unpaired) electrons. The summed E-state index contributed by atoms with van der Waals surface area (Å²) in [7, 11) is 2.00. The van der Waals surface area contributed by atoms with Crippen LogP contribution in [-0.2, 0) is 13.1 Å². The van der Waals surface area contributed by atoms with Crippen LogP contribution in [0.5, 0.6) is 0 Å². The standard InChI is InChI=1S/C16H22N4S/c1-4-20-15(10-11-17-20)12-19(3)16(21)18-13(2)14-8-6-5-7-9-14/h5-11,13H,4,12H2,1-3H3,(H,18,21). The molecule has 1 heterocycles. The fraction of sp³-hybridized carbons (Fsp3) is 0.375. The molecule has 0 saturated heterocycles. The first-order chi connectivity index (χ1) is 10.1. The Kier molecular flexibility index (Phi) is 5.33. The van der Waals surface area contributed by atoms with Crippen molar-refractivity contribution < 1.29 is 0 Å². The molecule has 1 aromatic heterocycles. The van der Waals surface area contributed by atoms with Gasteiger partial charge in [-0.1, -0.05) is 30.3 Å². The Bertz CT molecular complexity index is 579. The van der Waals surface area contributed by atoms with E-state index in [0.29, 0.717) is 0 Å². The molecule has 4 nitrogen and oxygen atoms in total. The normalized spacial score (nSPS) is 12.0. The lowest BCUT2D eigenvalue weighted by atomic mass is 10.1. The predicted molar refractivity (Wildman–Crippen MR) is 90.0 cm³/mol. The van der Waals surface area contributed by atoms with Gasteiger partial charge in [-0.05, 0) is 37.7 Å². The van der Waals surface area contributed by atoms with Gasteiger partial charge in [0.25, 0.3) is 0 Å². The minimum absolute atomic E-state index is 0.192. The maximum absolute atomic E-state index is 5.49. The van der Waals surface area contributed by atoms with Crippen molar-refractivity contribution in [1.29, 1.82) is 0 Å². The monoisotopic (exact) mass is 302 g/mol. The van der Waals surface area contributed by atoms with Crippen LogP contribution in [0.2, 0.25) is 0 Å². The van der Waals surface area contributed by atoms with Gasteiger partial charge >= 0.3 is 0 Å². The van der Waals surface area contributed by atoms with Crippen LogP contribution in [0.1, 0.15) is 31.1 Å². The zero-order valence-electron chi connectivity index (χ0n) is 12.8. The molecule has 2 rings (SSSR count). The topological polar surface area (TPSA) is 33.1 Å². The van der Waals surface area contributed by atoms with Gasteiger partial charge in [0.15, 0.2) is 5.11 Å². The molecule has 0 saturated carbocycles. The Morgan fingerprint density at radius 1 is 1.33 bits per heavy atom. The predicted octanol–water partition coefficient (Wildman–Crippen LogP) is 2.97. The van der Waals surface area contributed by atoms with Gasteiger partial charge in [0.2, 0.25) is 0 Å². The molecule has 2 aromatic rings. The summed E-state index contributed by atoms with van der Waals surface area (Å²) in [5.74, 6) is 0. The van der Waals surface area contributed by atoms with E-state index >= 15 is 0 Å². The highest BCUT2D eigenvalue weighted by molar-refractivity contribution is 7.80. The molecule has 0 aliphatic heterocycles. The molecular weight excluding hydrogens is 280 g/mol. The Balaban J connectivity index is 1.94. The van der Waals surface area contributed by atoms with Crippen molar-refractivity contribution in [3.8, 4) is 0 Å². The van der Waals surface area contributed by atoms with Crippen LogP contribution >= 0.6 is 12.2 Å². The van der Waals surface area contributed by atoms with E-state index in [0.717, 1.165) is 23.9 Å². The summed E-state index contributed by atoms with van der Waals surface area (Å²) in [5, 5.41) is 8.40. The SMILES string of the molecule is CCn1nccc1CN(C)C(=S)NC(C)c1ccccc1. The van der Waals surface area contributed by atoms with Gasteiger partial charge in [-0.25, -0.2) is 0 Å². The van der Waals surface area contributed by atoms with E-state index in [4.69, 9.17) is 12.2 Å². The molecule has 5 heteroatoms. The molecule has 1 atom stereocenters. The van der Waals surface area contributed by atoms with Gasteiger partial charge in [0, 0.05) is 19.8 Å². The van der Waals surface area contributed by atoms with Crippen LogP contribution in [0.15, 0.2) is 42.6 Å². The van der Waals surface area contributed by atoms with Crippen molar-refractivity contribution in [2.45, 2.75) is 33.0 Å². The van der Waals surface area contributed by atoms with Crippen molar-refractivity contribution in [2.75, 3.05) is 7.05 Å². The molecule has 0 spiro atoms. The molecule has 0 aliphatic rings. The quantitative estimate of drug-likeness (QED) is 0.861. The Morgan fingerprint density at radius 2 is 2.05 bits per heavy atom. The second kappa shape index (κ2) is 7.22. The van der Waals surface area contributed by atoms with Crippen LogP contribution in [0.25, 0.3) is 0 Å². The molecule has 21 heavy (non-hydrogen) atoms. The second-order valence-corrected chi connectivity index (χ2v) is 5.46. The number of rotatable bonds is 5. The summed E-state index contributed by atoms with van der Waals surface area (Å²) in [6.07, 6.45) is 1.83. The van der Waals surface area contributed by atoms with Crippen molar-refractivity contribution in [3.05, 3.63) is 53.9 Å². The Morgan fingerprint density at radius 3 is 2.71 bits per heavy atom. The van der Waals surface area contributed by atoms with Gasteiger partial charge < -0.3 is 10.2 Å². The lowest BCUT2D eigenvalue weighted by Gasteiger charge is -2.24. The number of nitrogens with zero attached hydrogens (tertiary/aromatic N) is 3. The molecule has 1 N–H and O–H groups in total. The van der Waals surface area contributed by atoms with Gasteiger partial charge in [-0.2, -0.15) is 5.10 Å². The molecule has 1 unspecified atom stereocenters. The summed E-state index contributed by atoms with van der Waals surface area (Å²) in [4.78, 5) is 2.04. The number of aromatic nitrogens is 2. The average Bonchev–Trinajstić information content (AvgIpc) is 2.95. The van der Waals surface area contributed by atoms with Crippen LogP contribution in [0.3, 0.4) is 0 Å². The maximum Gasteiger partial charge on any atom is 0.169 e. The summed E-state index contributed by atoms with van der Waals surface area (Å²) >= 11 is 5.49. The minimum Gasteiger partial charge on any atom is -0.356 e. The van der Waals surface area contributed by atoms with Crippen LogP contribution in [-0.4, -0.2) is 26.8 Å². The smallest absolute Gasteiger partial charge is 0.169 e. The fourth-order valence-corrected chi connectivity index (χ4v) is 2.46. The average molecular weight is 302 g/mol. The number of benzene rings is 1. The minimum atomic E-state index is 0.192. The molecular formula is C16H22N4S. The molecule has 112 valence electrons. The van der Waals surface area contributed by atoms with Gasteiger partial charge in [0.05, 0.1) is 18.3 Å². The van der Waals surface area contributed by atoms with E-state index in [9.17, 15) is 0 Å². The van der Waals surface area contributed by atoms with E-state index in [1.165, 1.54) is 5.56 Å². The van der Waals surface area contributed by atoms with Crippen molar-refractivity contribution >= 4 is 17.3 Å². The molecule has 0 bridgehead atoms. The molecule has 0 aliphatic carbocycles. The third kappa shape index (κ3) is 4.04. The Hall–Kier alpha value is -1.88. The second-order valence-electron chi connectivity index (χ2n) is 5.08. The van der Waals surface area contributed by atoms with E-state index in [1.54, 1.807) is 0 Å². The summed E-state index contributed by atoms with van der Waals surface area (Å²) in [6.45, 7) is 5.83. The van der Waals surface area contributed by atoms with Crippen molar-refractivity contribution in [1.82, 2.24) is 20.0 Å². The molecule has 1 aromatic carbocycles. The fourth-order valence-electron chi connectivity index (χ4n) is 2.21. The van der Waals surface area contributed by atoms with Crippen LogP contribution < -0.4 is 5.32 Å². The first-order valence-electron chi connectivity index (χ1n) is 7.19. The van der Waals surface area contributed by atoms with Crippen LogP contribution in [0.4, 0.5) is 0 Å². The highest BCUT2D eigenvalue weighted by Gasteiger charge is 2.11. The first-order valence-corrected chi connectivity index (χ1v) is 7.60. The Labute approximate surface area is 131 Å². The van der Waals surface area contributed by atoms with E-state index in [-0.39, 0.29) is 6.04 Å². The maximum atomic E-state index is 5.49. The van der Waals surface area contributed by atoms with E-state index < -0.39 is 0 Å². The van der Waals surface area contributed by atoms with Gasteiger partial charge in [0.1, 0.15) is 0 Å². The zero-order valence-corrected chi connectivity index (χ0v) is 13.6. The molecule has 0 amide bonds. The zero-order chi connectivity index (χ0) is 15.2. The number of hydrogen-bond donors (Lipinski definition) is 1. The number of thiocarbonyl (C=S) groups is 1. The lowest BCUT2D eigenvalue weighted by Crippen LogP contribution is -2.38. The largest absolute Gasteiger partial charge is 0.356 e. The van der Waals surface area contributed by atoms with E-state index in [2.05, 4.69) is 36.4 Å². The van der Waals surface area contributed by atoms with Crippen molar-refractivity contribution in [2.24, 2.45) is 0 Å². The van der Waals surface area contributed by atoms with Crippen LogP contribution in [0, 0.1) is 0 Å².